The molecule has 1 saturated heterocycles. The van der Waals surface area contributed by atoms with Gasteiger partial charge in [-0.1, -0.05) is 6.92 Å². The van der Waals surface area contributed by atoms with Crippen LogP contribution in [0.4, 0.5) is 5.69 Å². The number of nitrogens with one attached hydrogen (secondary N) is 2. The Morgan fingerprint density at radius 2 is 2.22 bits per heavy atom. The average molecular weight is 315 g/mol. The highest BCUT2D eigenvalue weighted by molar-refractivity contribution is 9.10. The van der Waals surface area contributed by atoms with Crippen LogP contribution in [0.3, 0.4) is 0 Å². The van der Waals surface area contributed by atoms with E-state index < -0.39 is 0 Å². The lowest BCUT2D eigenvalue weighted by atomic mass is 9.81. The number of aryl methyl sites for hydroxylation is 1. The first-order valence-electron chi connectivity index (χ1n) is 6.18. The van der Waals surface area contributed by atoms with Crippen molar-refractivity contribution in [1.82, 2.24) is 15.1 Å². The molecule has 0 radical (unpaired) electrons. The van der Waals surface area contributed by atoms with Crippen LogP contribution in [0.15, 0.2) is 15.5 Å². The fraction of sp³-hybridized carbons (Fsp3) is 0.667. The van der Waals surface area contributed by atoms with Gasteiger partial charge in [-0.3, -0.25) is 4.79 Å². The molecule has 0 unspecified atom stereocenters. The summed E-state index contributed by atoms with van der Waals surface area (Å²) in [6.07, 6.45) is 3.99. The topological polar surface area (TPSA) is 59.0 Å². The van der Waals surface area contributed by atoms with Crippen LogP contribution < -0.4 is 16.2 Å². The van der Waals surface area contributed by atoms with E-state index in [2.05, 4.69) is 38.6 Å². The SMILES string of the molecule is Cn1ncc(NCC2(C)CCNCC2)c(Br)c1=O. The summed E-state index contributed by atoms with van der Waals surface area (Å²) in [5, 5.41) is 10.7. The molecule has 0 spiro atoms. The van der Waals surface area contributed by atoms with Gasteiger partial charge in [0.05, 0.1) is 11.9 Å². The Kier molecular flexibility index (Phi) is 4.07. The molecule has 0 amide bonds. The highest BCUT2D eigenvalue weighted by Crippen LogP contribution is 2.28. The highest BCUT2D eigenvalue weighted by Gasteiger charge is 2.26. The second kappa shape index (κ2) is 5.40. The van der Waals surface area contributed by atoms with Gasteiger partial charge in [0.25, 0.3) is 5.56 Å². The summed E-state index contributed by atoms with van der Waals surface area (Å²) in [5.41, 5.74) is 0.944. The lowest BCUT2D eigenvalue weighted by Crippen LogP contribution is -2.39. The summed E-state index contributed by atoms with van der Waals surface area (Å²) >= 11 is 3.33. The monoisotopic (exact) mass is 314 g/mol. The molecule has 0 aliphatic carbocycles. The molecule has 0 saturated carbocycles. The van der Waals surface area contributed by atoms with Crippen molar-refractivity contribution < 1.29 is 0 Å². The van der Waals surface area contributed by atoms with Crippen molar-refractivity contribution in [3.63, 3.8) is 0 Å². The molecule has 1 aromatic rings. The quantitative estimate of drug-likeness (QED) is 0.884. The van der Waals surface area contributed by atoms with Crippen LogP contribution >= 0.6 is 15.9 Å². The van der Waals surface area contributed by atoms with Gasteiger partial charge in [0, 0.05) is 13.6 Å². The molecular weight excluding hydrogens is 296 g/mol. The lowest BCUT2D eigenvalue weighted by molar-refractivity contribution is 0.247. The molecular formula is C12H19BrN4O. The summed E-state index contributed by atoms with van der Waals surface area (Å²) in [6, 6.07) is 0. The largest absolute Gasteiger partial charge is 0.382 e. The first-order valence-corrected chi connectivity index (χ1v) is 6.98. The predicted octanol–water partition coefficient (Wildman–Crippen LogP) is 1.34. The van der Waals surface area contributed by atoms with E-state index in [9.17, 15) is 4.79 Å². The van der Waals surface area contributed by atoms with Gasteiger partial charge in [-0.2, -0.15) is 5.10 Å². The summed E-state index contributed by atoms with van der Waals surface area (Å²) in [5.74, 6) is 0. The number of hydrogen-bond donors (Lipinski definition) is 2. The molecule has 2 N–H and O–H groups in total. The predicted molar refractivity (Wildman–Crippen MR) is 75.9 cm³/mol. The van der Waals surface area contributed by atoms with Crippen LogP contribution in [0, 0.1) is 5.41 Å². The Morgan fingerprint density at radius 3 is 2.89 bits per heavy atom. The highest BCUT2D eigenvalue weighted by atomic mass is 79.9. The molecule has 18 heavy (non-hydrogen) atoms. The number of aromatic nitrogens is 2. The normalized spacial score (nSPS) is 18.6. The van der Waals surface area contributed by atoms with Gasteiger partial charge >= 0.3 is 0 Å². The van der Waals surface area contributed by atoms with E-state index in [4.69, 9.17) is 0 Å². The van der Waals surface area contributed by atoms with Crippen molar-refractivity contribution in [3.05, 3.63) is 21.0 Å². The van der Waals surface area contributed by atoms with Crippen molar-refractivity contribution in [1.29, 1.82) is 0 Å². The van der Waals surface area contributed by atoms with Gasteiger partial charge in [-0.05, 0) is 47.3 Å². The van der Waals surface area contributed by atoms with Crippen molar-refractivity contribution in [2.24, 2.45) is 12.5 Å². The minimum absolute atomic E-state index is 0.115. The van der Waals surface area contributed by atoms with E-state index in [1.54, 1.807) is 13.2 Å². The molecule has 6 heteroatoms. The van der Waals surface area contributed by atoms with Crippen LogP contribution in [-0.2, 0) is 7.05 Å². The Bertz CT molecular complexity index is 479. The zero-order valence-corrected chi connectivity index (χ0v) is 12.4. The van der Waals surface area contributed by atoms with E-state index in [-0.39, 0.29) is 11.0 Å². The molecule has 100 valence electrons. The Morgan fingerprint density at radius 1 is 1.56 bits per heavy atom. The Labute approximate surface area is 115 Å². The second-order valence-electron chi connectivity index (χ2n) is 5.22. The van der Waals surface area contributed by atoms with Gasteiger partial charge in [0.15, 0.2) is 0 Å². The van der Waals surface area contributed by atoms with E-state index in [0.29, 0.717) is 4.47 Å². The third kappa shape index (κ3) is 2.92. The zero-order chi connectivity index (χ0) is 13.2. The molecule has 0 atom stereocenters. The molecule has 2 heterocycles. The fourth-order valence-corrected chi connectivity index (χ4v) is 2.65. The van der Waals surface area contributed by atoms with Gasteiger partial charge in [-0.25, -0.2) is 4.68 Å². The van der Waals surface area contributed by atoms with Gasteiger partial charge in [0.2, 0.25) is 0 Å². The van der Waals surface area contributed by atoms with Crippen molar-refractivity contribution >= 4 is 21.6 Å². The molecule has 5 nitrogen and oxygen atoms in total. The Hall–Kier alpha value is -0.880. The van der Waals surface area contributed by atoms with Crippen LogP contribution in [-0.4, -0.2) is 29.4 Å². The number of halogens is 1. The maximum atomic E-state index is 11.7. The smallest absolute Gasteiger partial charge is 0.282 e. The molecule has 1 fully saturated rings. The third-order valence-corrected chi connectivity index (χ3v) is 4.36. The standard InChI is InChI=1S/C12H19BrN4O/c1-12(3-5-14-6-4-12)8-15-9-7-16-17(2)11(18)10(9)13/h7,14-15H,3-6,8H2,1-2H3. The number of nitrogens with zero attached hydrogens (tertiary/aromatic N) is 2. The van der Waals surface area contributed by atoms with Crippen LogP contribution in [0.1, 0.15) is 19.8 Å². The van der Waals surface area contributed by atoms with Crippen molar-refractivity contribution in [2.75, 3.05) is 25.0 Å². The summed E-state index contributed by atoms with van der Waals surface area (Å²) < 4.78 is 1.87. The van der Waals surface area contributed by atoms with Crippen LogP contribution in [0.5, 0.6) is 0 Å². The molecule has 1 aliphatic rings. The van der Waals surface area contributed by atoms with E-state index in [0.717, 1.165) is 38.2 Å². The van der Waals surface area contributed by atoms with Crippen molar-refractivity contribution in [3.8, 4) is 0 Å². The van der Waals surface area contributed by atoms with Gasteiger partial charge in [0.1, 0.15) is 4.47 Å². The maximum Gasteiger partial charge on any atom is 0.282 e. The number of anilines is 1. The first kappa shape index (κ1) is 13.5. The number of rotatable bonds is 3. The third-order valence-electron chi connectivity index (χ3n) is 3.59. The minimum Gasteiger partial charge on any atom is -0.382 e. The van der Waals surface area contributed by atoms with Gasteiger partial charge < -0.3 is 10.6 Å². The van der Waals surface area contributed by atoms with E-state index in [1.807, 2.05) is 0 Å². The van der Waals surface area contributed by atoms with Crippen molar-refractivity contribution in [2.45, 2.75) is 19.8 Å². The maximum absolute atomic E-state index is 11.7. The summed E-state index contributed by atoms with van der Waals surface area (Å²) in [4.78, 5) is 11.7. The summed E-state index contributed by atoms with van der Waals surface area (Å²) in [7, 11) is 1.64. The number of piperidine rings is 1. The Balaban J connectivity index is 2.06. The molecule has 1 aromatic heterocycles. The first-order chi connectivity index (χ1) is 8.52. The molecule has 0 bridgehead atoms. The minimum atomic E-state index is -0.115. The van der Waals surface area contributed by atoms with E-state index >= 15 is 0 Å². The number of hydrogen-bond acceptors (Lipinski definition) is 4. The molecule has 2 rings (SSSR count). The zero-order valence-electron chi connectivity index (χ0n) is 10.8. The lowest BCUT2D eigenvalue weighted by Gasteiger charge is -2.34. The second-order valence-corrected chi connectivity index (χ2v) is 6.01. The van der Waals surface area contributed by atoms with Gasteiger partial charge in [-0.15, -0.1) is 0 Å². The van der Waals surface area contributed by atoms with E-state index in [1.165, 1.54) is 4.68 Å². The van der Waals surface area contributed by atoms with Crippen LogP contribution in [0.2, 0.25) is 0 Å². The van der Waals surface area contributed by atoms with Crippen LogP contribution in [0.25, 0.3) is 0 Å². The molecule has 0 aromatic carbocycles. The molecule has 1 aliphatic heterocycles. The summed E-state index contributed by atoms with van der Waals surface area (Å²) in [6.45, 7) is 5.27. The fourth-order valence-electron chi connectivity index (χ4n) is 2.15. The average Bonchev–Trinajstić information content (AvgIpc) is 2.36.